The first-order valence-electron chi connectivity index (χ1n) is 3.46. The maximum atomic E-state index is 11.0. The summed E-state index contributed by atoms with van der Waals surface area (Å²) in [5, 5.41) is 3.49. The van der Waals surface area contributed by atoms with Crippen molar-refractivity contribution < 1.29 is 14.0 Å². The van der Waals surface area contributed by atoms with E-state index in [4.69, 9.17) is 4.42 Å². The van der Waals surface area contributed by atoms with Gasteiger partial charge in [0.1, 0.15) is 0 Å². The second kappa shape index (κ2) is 3.71. The second-order valence-corrected chi connectivity index (χ2v) is 2.39. The number of nitrogens with zero attached hydrogens (tertiary/aromatic N) is 1. The van der Waals surface area contributed by atoms with Crippen molar-refractivity contribution in [3.8, 4) is 0 Å². The second-order valence-electron chi connectivity index (χ2n) is 2.39. The van der Waals surface area contributed by atoms with Gasteiger partial charge in [-0.15, -0.1) is 0 Å². The molecule has 1 rings (SSSR count). The van der Waals surface area contributed by atoms with Gasteiger partial charge in [-0.2, -0.15) is 0 Å². The van der Waals surface area contributed by atoms with Crippen LogP contribution >= 0.6 is 0 Å². The molecule has 0 unspecified atom stereocenters. The van der Waals surface area contributed by atoms with Crippen molar-refractivity contribution in [2.75, 3.05) is 0 Å². The zero-order chi connectivity index (χ0) is 8.97. The van der Waals surface area contributed by atoms with Crippen molar-refractivity contribution >= 4 is 11.7 Å². The quantitative estimate of drug-likeness (QED) is 0.383. The molecular weight excluding hydrogens is 158 g/mol. The third-order valence-corrected chi connectivity index (χ3v) is 1.03. The molecule has 0 saturated carbocycles. The molecule has 12 heavy (non-hydrogen) atoms. The normalized spacial score (nSPS) is 9.17. The molecule has 1 aromatic rings. The van der Waals surface area contributed by atoms with Gasteiger partial charge in [0.25, 0.3) is 0 Å². The van der Waals surface area contributed by atoms with E-state index in [0.29, 0.717) is 5.71 Å². The Hall–Kier alpha value is -1.58. The highest BCUT2D eigenvalue weighted by molar-refractivity contribution is 5.87. The maximum Gasteiger partial charge on any atom is 0.400 e. The number of carbonyl (C=O) groups excluding carboxylic acids is 1. The van der Waals surface area contributed by atoms with Gasteiger partial charge in [-0.1, -0.05) is 5.16 Å². The van der Waals surface area contributed by atoms with Crippen LogP contribution in [0.4, 0.5) is 0 Å². The molecule has 0 radical (unpaired) electrons. The third kappa shape index (κ3) is 2.23. The van der Waals surface area contributed by atoms with Gasteiger partial charge in [-0.3, -0.25) is 0 Å². The van der Waals surface area contributed by atoms with E-state index >= 15 is 0 Å². The molecular formula is C8H9NO3. The van der Waals surface area contributed by atoms with Gasteiger partial charge in [0.2, 0.25) is 5.76 Å². The van der Waals surface area contributed by atoms with Crippen molar-refractivity contribution in [3.63, 3.8) is 0 Å². The molecule has 0 aliphatic carbocycles. The predicted molar refractivity (Wildman–Crippen MR) is 42.9 cm³/mol. The average molecular weight is 167 g/mol. The van der Waals surface area contributed by atoms with Crippen LogP contribution in [0.5, 0.6) is 0 Å². The van der Waals surface area contributed by atoms with Crippen LogP contribution in [-0.2, 0) is 4.84 Å². The molecule has 0 saturated heterocycles. The van der Waals surface area contributed by atoms with E-state index in [2.05, 4.69) is 9.99 Å². The number of hydrogen-bond acceptors (Lipinski definition) is 4. The maximum absolute atomic E-state index is 11.0. The molecule has 64 valence electrons. The summed E-state index contributed by atoms with van der Waals surface area (Å²) in [5.41, 5.74) is 0.676. The highest BCUT2D eigenvalue weighted by Gasteiger charge is 2.08. The number of carbonyl (C=O) groups is 1. The summed E-state index contributed by atoms with van der Waals surface area (Å²) in [7, 11) is 0. The van der Waals surface area contributed by atoms with E-state index in [1.54, 1.807) is 19.9 Å². The van der Waals surface area contributed by atoms with Crippen LogP contribution in [0, 0.1) is 0 Å². The number of rotatable bonds is 2. The molecule has 0 aromatic carbocycles. The van der Waals surface area contributed by atoms with Gasteiger partial charge in [-0.25, -0.2) is 4.79 Å². The van der Waals surface area contributed by atoms with Crippen molar-refractivity contribution in [1.82, 2.24) is 0 Å². The van der Waals surface area contributed by atoms with Gasteiger partial charge in [0.15, 0.2) is 0 Å². The lowest BCUT2D eigenvalue weighted by atomic mass is 10.5. The predicted octanol–water partition coefficient (Wildman–Crippen LogP) is 1.83. The Labute approximate surface area is 69.8 Å². The first-order chi connectivity index (χ1) is 5.70. The zero-order valence-electron chi connectivity index (χ0n) is 6.90. The zero-order valence-corrected chi connectivity index (χ0v) is 6.90. The van der Waals surface area contributed by atoms with E-state index in [0.717, 1.165) is 0 Å². The molecule has 0 atom stereocenters. The number of hydrogen-bond donors (Lipinski definition) is 0. The average Bonchev–Trinajstić information content (AvgIpc) is 2.51. The summed E-state index contributed by atoms with van der Waals surface area (Å²) < 4.78 is 4.78. The SMILES string of the molecule is CC(C)=NOC(=O)c1ccco1. The van der Waals surface area contributed by atoms with Crippen LogP contribution in [0.2, 0.25) is 0 Å². The summed E-state index contributed by atoms with van der Waals surface area (Å²) in [4.78, 5) is 15.5. The van der Waals surface area contributed by atoms with Crippen molar-refractivity contribution in [1.29, 1.82) is 0 Å². The van der Waals surface area contributed by atoms with Crippen LogP contribution in [0.15, 0.2) is 28.0 Å². The summed E-state index contributed by atoms with van der Waals surface area (Å²) in [6, 6.07) is 3.13. The fourth-order valence-corrected chi connectivity index (χ4v) is 0.572. The van der Waals surface area contributed by atoms with E-state index in [1.165, 1.54) is 12.3 Å². The molecule has 0 fully saturated rings. The Morgan fingerprint density at radius 3 is 2.83 bits per heavy atom. The highest BCUT2D eigenvalue weighted by Crippen LogP contribution is 2.02. The minimum Gasteiger partial charge on any atom is -0.457 e. The lowest BCUT2D eigenvalue weighted by molar-refractivity contribution is 0.0479. The minimum atomic E-state index is -0.582. The topological polar surface area (TPSA) is 51.8 Å². The third-order valence-electron chi connectivity index (χ3n) is 1.03. The lowest BCUT2D eigenvalue weighted by Gasteiger charge is -1.92. The largest absolute Gasteiger partial charge is 0.457 e. The fraction of sp³-hybridized carbons (Fsp3) is 0.250. The van der Waals surface area contributed by atoms with Crippen molar-refractivity contribution in [2.45, 2.75) is 13.8 Å². The molecule has 4 nitrogen and oxygen atoms in total. The summed E-state index contributed by atoms with van der Waals surface area (Å²) in [6.45, 7) is 3.46. The number of oxime groups is 1. The molecule has 0 amide bonds. The molecule has 1 heterocycles. The first-order valence-corrected chi connectivity index (χ1v) is 3.46. The molecule has 0 N–H and O–H groups in total. The van der Waals surface area contributed by atoms with Gasteiger partial charge in [-0.05, 0) is 26.0 Å². The molecule has 0 spiro atoms. The molecule has 1 aromatic heterocycles. The smallest absolute Gasteiger partial charge is 0.400 e. The first kappa shape index (κ1) is 8.52. The van der Waals surface area contributed by atoms with Crippen LogP contribution in [-0.4, -0.2) is 11.7 Å². The van der Waals surface area contributed by atoms with E-state index in [9.17, 15) is 4.79 Å². The Balaban J connectivity index is 2.57. The molecule has 0 aliphatic rings. The lowest BCUT2D eigenvalue weighted by Crippen LogP contribution is -1.99. The van der Waals surface area contributed by atoms with E-state index < -0.39 is 5.97 Å². The van der Waals surface area contributed by atoms with Gasteiger partial charge < -0.3 is 9.25 Å². The monoisotopic (exact) mass is 167 g/mol. The van der Waals surface area contributed by atoms with Gasteiger partial charge in [0, 0.05) is 0 Å². The van der Waals surface area contributed by atoms with Crippen LogP contribution in [0.1, 0.15) is 24.4 Å². The molecule has 0 aliphatic heterocycles. The van der Waals surface area contributed by atoms with Crippen LogP contribution < -0.4 is 0 Å². The van der Waals surface area contributed by atoms with Crippen LogP contribution in [0.3, 0.4) is 0 Å². The van der Waals surface area contributed by atoms with E-state index in [-0.39, 0.29) is 5.76 Å². The van der Waals surface area contributed by atoms with Gasteiger partial charge >= 0.3 is 5.97 Å². The Bertz CT molecular complexity index is 283. The summed E-state index contributed by atoms with van der Waals surface area (Å²) >= 11 is 0. The number of furan rings is 1. The standard InChI is InChI=1S/C8H9NO3/c1-6(2)9-12-8(10)7-4-3-5-11-7/h3-5H,1-2H3. The Kier molecular flexibility index (Phi) is 2.63. The summed E-state index contributed by atoms with van der Waals surface area (Å²) in [6.07, 6.45) is 1.40. The Morgan fingerprint density at radius 1 is 1.58 bits per heavy atom. The van der Waals surface area contributed by atoms with E-state index in [1.807, 2.05) is 0 Å². The minimum absolute atomic E-state index is 0.153. The van der Waals surface area contributed by atoms with Gasteiger partial charge in [0.05, 0.1) is 12.0 Å². The van der Waals surface area contributed by atoms with Crippen LogP contribution in [0.25, 0.3) is 0 Å². The molecule has 0 bridgehead atoms. The Morgan fingerprint density at radius 2 is 2.33 bits per heavy atom. The fourth-order valence-electron chi connectivity index (χ4n) is 0.572. The summed E-state index contributed by atoms with van der Waals surface area (Å²) in [5.74, 6) is -0.429. The van der Waals surface area contributed by atoms with Crippen molar-refractivity contribution in [2.24, 2.45) is 5.16 Å². The highest BCUT2D eigenvalue weighted by atomic mass is 16.7. The van der Waals surface area contributed by atoms with Crippen molar-refractivity contribution in [3.05, 3.63) is 24.2 Å². The molecule has 4 heteroatoms.